The van der Waals surface area contributed by atoms with Crippen LogP contribution in [0.25, 0.3) is 0 Å². The second-order valence-electron chi connectivity index (χ2n) is 6.20. The van der Waals surface area contributed by atoms with Crippen LogP contribution in [-0.2, 0) is 15.3 Å². The topological polar surface area (TPSA) is 94.3 Å². The number of hydrogen-bond acceptors (Lipinski definition) is 6. The number of thiazole rings is 1. The van der Waals surface area contributed by atoms with Gasteiger partial charge in [0.15, 0.2) is 5.13 Å². The molecule has 0 unspecified atom stereocenters. The van der Waals surface area contributed by atoms with Crippen molar-refractivity contribution in [1.82, 2.24) is 4.98 Å². The van der Waals surface area contributed by atoms with E-state index in [1.54, 1.807) is 0 Å². The summed E-state index contributed by atoms with van der Waals surface area (Å²) in [6, 6.07) is 15.1. The number of nitrogens with two attached hydrogens (primary N) is 1. The summed E-state index contributed by atoms with van der Waals surface area (Å²) in [5.74, 6) is 1.19. The first kappa shape index (κ1) is 18.5. The zero-order chi connectivity index (χ0) is 19.5. The van der Waals surface area contributed by atoms with Crippen molar-refractivity contribution in [3.63, 3.8) is 0 Å². The number of para-hydroxylation sites is 2. The number of rotatable bonds is 6. The lowest BCUT2D eigenvalue weighted by Gasteiger charge is -2.27. The molecule has 0 saturated heterocycles. The molecule has 1 aromatic heterocycles. The number of nitrogens with one attached hydrogen (secondary N) is 1. The van der Waals surface area contributed by atoms with Crippen molar-refractivity contribution in [1.29, 1.82) is 0 Å². The molecular weight excluding hydrogens is 394 g/mol. The molecule has 2 aromatic carbocycles. The fraction of sp³-hybridized carbons (Fsp3) is 0.150. The molecule has 142 valence electrons. The number of fused-ring (bicyclic) bond motifs is 2. The van der Waals surface area contributed by atoms with Crippen molar-refractivity contribution >= 4 is 40.0 Å². The van der Waals surface area contributed by atoms with E-state index in [0.29, 0.717) is 22.4 Å². The zero-order valence-corrected chi connectivity index (χ0v) is 16.4. The van der Waals surface area contributed by atoms with Gasteiger partial charge in [0.25, 0.3) is 0 Å². The first-order chi connectivity index (χ1) is 13.6. The van der Waals surface area contributed by atoms with E-state index < -0.39 is 5.92 Å². The Morgan fingerprint density at radius 3 is 2.39 bits per heavy atom. The van der Waals surface area contributed by atoms with E-state index in [2.05, 4.69) is 10.3 Å². The minimum atomic E-state index is -0.474. The number of carbonyl (C=O) groups is 2. The van der Waals surface area contributed by atoms with Crippen molar-refractivity contribution in [3.8, 4) is 11.5 Å². The van der Waals surface area contributed by atoms with Crippen LogP contribution in [0.1, 0.15) is 22.7 Å². The fourth-order valence-corrected chi connectivity index (χ4v) is 4.54. The maximum Gasteiger partial charge on any atom is 0.238 e. The number of primary amides is 1. The lowest BCUT2D eigenvalue weighted by atomic mass is 9.87. The van der Waals surface area contributed by atoms with Crippen molar-refractivity contribution in [3.05, 3.63) is 70.7 Å². The molecule has 1 aliphatic rings. The van der Waals surface area contributed by atoms with Gasteiger partial charge in [-0.25, -0.2) is 4.98 Å². The predicted octanol–water partition coefficient (Wildman–Crippen LogP) is 3.74. The molecule has 2 amide bonds. The van der Waals surface area contributed by atoms with Crippen LogP contribution in [-0.4, -0.2) is 22.6 Å². The van der Waals surface area contributed by atoms with Gasteiger partial charge in [0, 0.05) is 22.3 Å². The van der Waals surface area contributed by atoms with Gasteiger partial charge in [0.1, 0.15) is 11.5 Å². The zero-order valence-electron chi connectivity index (χ0n) is 14.8. The van der Waals surface area contributed by atoms with E-state index >= 15 is 0 Å². The molecule has 8 heteroatoms. The monoisotopic (exact) mass is 411 g/mol. The Kier molecular flexibility index (Phi) is 5.31. The Morgan fingerprint density at radius 2 is 1.75 bits per heavy atom. The lowest BCUT2D eigenvalue weighted by Crippen LogP contribution is -2.25. The lowest BCUT2D eigenvalue weighted by molar-refractivity contribution is -0.117. The molecule has 28 heavy (non-hydrogen) atoms. The summed E-state index contributed by atoms with van der Waals surface area (Å²) >= 11 is 2.76. The Bertz CT molecular complexity index is 989. The van der Waals surface area contributed by atoms with Crippen LogP contribution in [0.4, 0.5) is 5.13 Å². The summed E-state index contributed by atoms with van der Waals surface area (Å²) in [5.41, 5.74) is 7.60. The molecule has 0 saturated carbocycles. The van der Waals surface area contributed by atoms with Crippen LogP contribution in [0, 0.1) is 0 Å². The molecule has 4 rings (SSSR count). The largest absolute Gasteiger partial charge is 0.457 e. The average Bonchev–Trinajstić information content (AvgIpc) is 3.12. The quantitative estimate of drug-likeness (QED) is 0.644. The van der Waals surface area contributed by atoms with Gasteiger partial charge < -0.3 is 15.8 Å². The van der Waals surface area contributed by atoms with E-state index in [-0.39, 0.29) is 17.6 Å². The Morgan fingerprint density at radius 1 is 1.11 bits per heavy atom. The van der Waals surface area contributed by atoms with Crippen LogP contribution in [0.15, 0.2) is 53.9 Å². The van der Waals surface area contributed by atoms with Gasteiger partial charge in [-0.15, -0.1) is 23.1 Å². The number of carbonyl (C=O) groups excluding carboxylic acids is 2. The van der Waals surface area contributed by atoms with Crippen LogP contribution >= 0.6 is 23.1 Å². The fourth-order valence-electron chi connectivity index (χ4n) is 3.06. The number of nitrogens with zero attached hydrogens (tertiary/aromatic N) is 1. The van der Waals surface area contributed by atoms with Crippen molar-refractivity contribution in [2.45, 2.75) is 11.7 Å². The van der Waals surface area contributed by atoms with Crippen molar-refractivity contribution in [2.75, 3.05) is 11.1 Å². The third-order valence-corrected chi connectivity index (χ3v) is 6.01. The van der Waals surface area contributed by atoms with Crippen molar-refractivity contribution in [2.24, 2.45) is 5.73 Å². The first-order valence-corrected chi connectivity index (χ1v) is 10.6. The van der Waals surface area contributed by atoms with Crippen LogP contribution < -0.4 is 15.8 Å². The smallest absolute Gasteiger partial charge is 0.238 e. The highest BCUT2D eigenvalue weighted by Crippen LogP contribution is 2.44. The first-order valence-electron chi connectivity index (χ1n) is 8.59. The highest BCUT2D eigenvalue weighted by atomic mass is 32.2. The van der Waals surface area contributed by atoms with Gasteiger partial charge in [-0.05, 0) is 12.1 Å². The van der Waals surface area contributed by atoms with Gasteiger partial charge in [0.2, 0.25) is 11.8 Å². The normalized spacial score (nSPS) is 12.6. The van der Waals surface area contributed by atoms with Gasteiger partial charge in [-0.1, -0.05) is 36.4 Å². The molecule has 0 atom stereocenters. The van der Waals surface area contributed by atoms with E-state index in [1.165, 1.54) is 23.1 Å². The molecule has 1 aliphatic heterocycles. The summed E-state index contributed by atoms with van der Waals surface area (Å²) in [6.07, 6.45) is 0. The molecule has 2 heterocycles. The van der Waals surface area contributed by atoms with Crippen molar-refractivity contribution < 1.29 is 14.3 Å². The second kappa shape index (κ2) is 8.04. The van der Waals surface area contributed by atoms with Gasteiger partial charge >= 0.3 is 0 Å². The number of anilines is 1. The van der Waals surface area contributed by atoms with E-state index in [4.69, 9.17) is 10.5 Å². The maximum atomic E-state index is 13.1. The van der Waals surface area contributed by atoms with Gasteiger partial charge in [-0.2, -0.15) is 0 Å². The molecule has 0 fully saturated rings. The number of aromatic nitrogens is 1. The number of ether oxygens (including phenoxy) is 1. The molecule has 0 radical (unpaired) electrons. The summed E-state index contributed by atoms with van der Waals surface area (Å²) in [5, 5.41) is 5.32. The summed E-state index contributed by atoms with van der Waals surface area (Å²) in [4.78, 5) is 28.4. The minimum Gasteiger partial charge on any atom is -0.457 e. The minimum absolute atomic E-state index is 0.158. The third-order valence-electron chi connectivity index (χ3n) is 4.22. The Hall–Kier alpha value is -2.84. The standard InChI is InChI=1S/C20H17N3O3S2/c21-17(24)11-27-9-12-10-28-20(22-12)23-19(25)18-13-5-1-3-7-15(13)26-16-8-4-2-6-14(16)18/h1-8,10,18H,9,11H2,(H2,21,24)(H,22,23,25). The summed E-state index contributed by atoms with van der Waals surface area (Å²) in [7, 11) is 0. The van der Waals surface area contributed by atoms with E-state index in [0.717, 1.165) is 16.8 Å². The molecule has 3 aromatic rings. The molecule has 0 bridgehead atoms. The number of thioether (sulfide) groups is 1. The van der Waals surface area contributed by atoms with Crippen LogP contribution in [0.5, 0.6) is 11.5 Å². The SMILES string of the molecule is NC(=O)CSCc1csc(NC(=O)C2c3ccccc3Oc3ccccc32)n1. The molecule has 3 N–H and O–H groups in total. The molecule has 0 spiro atoms. The molecule has 0 aliphatic carbocycles. The van der Waals surface area contributed by atoms with Crippen LogP contribution in [0.2, 0.25) is 0 Å². The van der Waals surface area contributed by atoms with E-state index in [9.17, 15) is 9.59 Å². The maximum absolute atomic E-state index is 13.1. The van der Waals surface area contributed by atoms with Gasteiger partial charge in [-0.3, -0.25) is 9.59 Å². The highest BCUT2D eigenvalue weighted by Gasteiger charge is 2.32. The Labute approximate surface area is 170 Å². The number of benzene rings is 2. The third kappa shape index (κ3) is 3.88. The Balaban J connectivity index is 1.54. The molecule has 6 nitrogen and oxygen atoms in total. The van der Waals surface area contributed by atoms with Gasteiger partial charge in [0.05, 0.1) is 17.4 Å². The summed E-state index contributed by atoms with van der Waals surface area (Å²) in [6.45, 7) is 0. The second-order valence-corrected chi connectivity index (χ2v) is 8.05. The summed E-state index contributed by atoms with van der Waals surface area (Å²) < 4.78 is 5.94. The highest BCUT2D eigenvalue weighted by molar-refractivity contribution is 7.99. The average molecular weight is 412 g/mol. The number of hydrogen-bond donors (Lipinski definition) is 2. The number of amides is 2. The van der Waals surface area contributed by atoms with E-state index in [1.807, 2.05) is 53.9 Å². The van der Waals surface area contributed by atoms with Crippen LogP contribution in [0.3, 0.4) is 0 Å². The molecular formula is C20H17N3O3S2. The predicted molar refractivity (Wildman–Crippen MR) is 111 cm³/mol.